The minimum atomic E-state index is -0.957. The second kappa shape index (κ2) is 6.85. The van der Waals surface area contributed by atoms with Crippen molar-refractivity contribution in [3.8, 4) is 5.75 Å². The van der Waals surface area contributed by atoms with Gasteiger partial charge in [-0.05, 0) is 34.1 Å². The Hall–Kier alpha value is -1.76. The van der Waals surface area contributed by atoms with Crippen LogP contribution in [0, 0.1) is 0 Å². The molecule has 0 radical (unpaired) electrons. The summed E-state index contributed by atoms with van der Waals surface area (Å²) < 4.78 is 5.70. The molecule has 0 spiro atoms. The Bertz CT molecular complexity index is 451. The first-order chi connectivity index (χ1) is 8.52. The molecule has 0 bridgehead atoms. The van der Waals surface area contributed by atoms with E-state index in [0.717, 1.165) is 0 Å². The molecule has 0 aromatic heterocycles. The average Bonchev–Trinajstić information content (AvgIpc) is 2.31. The Labute approximate surface area is 112 Å². The van der Waals surface area contributed by atoms with E-state index in [9.17, 15) is 9.59 Å². The number of methoxy groups -OCH3 is 1. The summed E-state index contributed by atoms with van der Waals surface area (Å²) in [5.41, 5.74) is 0.573. The van der Waals surface area contributed by atoms with Crippen molar-refractivity contribution in [2.45, 2.75) is 6.42 Å². The summed E-state index contributed by atoms with van der Waals surface area (Å²) in [6.07, 6.45) is -0.114. The van der Waals surface area contributed by atoms with Gasteiger partial charge in [-0.1, -0.05) is 0 Å². The van der Waals surface area contributed by atoms with Gasteiger partial charge in [0.2, 0.25) is 0 Å². The summed E-state index contributed by atoms with van der Waals surface area (Å²) in [7, 11) is 1.55. The van der Waals surface area contributed by atoms with Crippen LogP contribution in [0.25, 0.3) is 0 Å². The number of amides is 2. The van der Waals surface area contributed by atoms with Crippen molar-refractivity contribution in [2.75, 3.05) is 19.0 Å². The third-order valence-electron chi connectivity index (χ3n) is 2.05. The molecule has 0 fully saturated rings. The number of carboxylic acids is 1. The zero-order chi connectivity index (χ0) is 13.5. The van der Waals surface area contributed by atoms with Crippen LogP contribution in [0.1, 0.15) is 6.42 Å². The lowest BCUT2D eigenvalue weighted by molar-refractivity contribution is -0.136. The Kier molecular flexibility index (Phi) is 5.44. The maximum Gasteiger partial charge on any atom is 0.319 e. The lowest BCUT2D eigenvalue weighted by Gasteiger charge is -2.09. The Morgan fingerprint density at radius 2 is 2.17 bits per heavy atom. The minimum absolute atomic E-state index is 0.0783. The van der Waals surface area contributed by atoms with E-state index in [1.165, 1.54) is 0 Å². The molecule has 0 atom stereocenters. The highest BCUT2D eigenvalue weighted by Crippen LogP contribution is 2.26. The lowest BCUT2D eigenvalue weighted by atomic mass is 10.3. The molecule has 1 aromatic rings. The number of urea groups is 1. The molecule has 0 aliphatic rings. The SMILES string of the molecule is COc1ccc(NC(=O)NCCC(=O)O)c(Br)c1. The standard InChI is InChI=1S/C11H13BrN2O4/c1-18-7-2-3-9(8(12)6-7)14-11(17)13-5-4-10(15)16/h2-3,6H,4-5H2,1H3,(H,15,16)(H2,13,14,17). The van der Waals surface area contributed by atoms with E-state index in [1.54, 1.807) is 25.3 Å². The summed E-state index contributed by atoms with van der Waals surface area (Å²) in [6, 6.07) is 4.64. The van der Waals surface area contributed by atoms with Gasteiger partial charge in [0.1, 0.15) is 5.75 Å². The van der Waals surface area contributed by atoms with Crippen molar-refractivity contribution >= 4 is 33.6 Å². The second-order valence-electron chi connectivity index (χ2n) is 3.37. The first kappa shape index (κ1) is 14.3. The largest absolute Gasteiger partial charge is 0.497 e. The third-order valence-corrected chi connectivity index (χ3v) is 2.70. The van der Waals surface area contributed by atoms with Crippen LogP contribution in [0.2, 0.25) is 0 Å². The van der Waals surface area contributed by atoms with Crippen molar-refractivity contribution in [2.24, 2.45) is 0 Å². The van der Waals surface area contributed by atoms with Gasteiger partial charge >= 0.3 is 12.0 Å². The average molecular weight is 317 g/mol. The van der Waals surface area contributed by atoms with Crippen molar-refractivity contribution in [3.63, 3.8) is 0 Å². The summed E-state index contributed by atoms with van der Waals surface area (Å²) in [5.74, 6) is -0.292. The van der Waals surface area contributed by atoms with Gasteiger partial charge in [-0.15, -0.1) is 0 Å². The van der Waals surface area contributed by atoms with Gasteiger partial charge in [0.05, 0.1) is 19.2 Å². The second-order valence-corrected chi connectivity index (χ2v) is 4.22. The molecule has 1 aromatic carbocycles. The summed E-state index contributed by atoms with van der Waals surface area (Å²) in [5, 5.41) is 13.4. The number of anilines is 1. The highest BCUT2D eigenvalue weighted by Gasteiger charge is 2.06. The van der Waals surface area contributed by atoms with Gasteiger partial charge < -0.3 is 20.5 Å². The zero-order valence-corrected chi connectivity index (χ0v) is 11.3. The van der Waals surface area contributed by atoms with Crippen LogP contribution in [0.15, 0.2) is 22.7 Å². The van der Waals surface area contributed by atoms with E-state index in [0.29, 0.717) is 15.9 Å². The first-order valence-electron chi connectivity index (χ1n) is 5.13. The number of rotatable bonds is 5. The highest BCUT2D eigenvalue weighted by molar-refractivity contribution is 9.10. The van der Waals surface area contributed by atoms with Gasteiger partial charge in [0.15, 0.2) is 0 Å². The van der Waals surface area contributed by atoms with Crippen LogP contribution in [0.5, 0.6) is 5.75 Å². The van der Waals surface area contributed by atoms with Crippen LogP contribution in [0.3, 0.4) is 0 Å². The molecule has 0 saturated heterocycles. The topological polar surface area (TPSA) is 87.7 Å². The van der Waals surface area contributed by atoms with E-state index in [1.807, 2.05) is 0 Å². The smallest absolute Gasteiger partial charge is 0.319 e. The van der Waals surface area contributed by atoms with Gasteiger partial charge in [-0.25, -0.2) is 4.79 Å². The molecule has 7 heteroatoms. The molecule has 0 unspecified atom stereocenters. The number of carbonyl (C=O) groups excluding carboxylic acids is 1. The highest BCUT2D eigenvalue weighted by atomic mass is 79.9. The number of nitrogens with one attached hydrogen (secondary N) is 2. The number of aliphatic carboxylic acids is 1. The number of benzene rings is 1. The predicted molar refractivity (Wildman–Crippen MR) is 70.0 cm³/mol. The quantitative estimate of drug-likeness (QED) is 0.775. The number of hydrogen-bond donors (Lipinski definition) is 3. The monoisotopic (exact) mass is 316 g/mol. The van der Waals surface area contributed by atoms with E-state index in [4.69, 9.17) is 9.84 Å². The molecule has 0 aliphatic carbocycles. The maximum atomic E-state index is 11.4. The summed E-state index contributed by atoms with van der Waals surface area (Å²) in [4.78, 5) is 21.7. The van der Waals surface area contributed by atoms with Gasteiger partial charge in [0, 0.05) is 11.0 Å². The summed E-state index contributed by atoms with van der Waals surface area (Å²) >= 11 is 3.29. The molecule has 6 nitrogen and oxygen atoms in total. The third kappa shape index (κ3) is 4.62. The molecular weight excluding hydrogens is 304 g/mol. The van der Waals surface area contributed by atoms with Crippen molar-refractivity contribution < 1.29 is 19.4 Å². The lowest BCUT2D eigenvalue weighted by Crippen LogP contribution is -2.30. The molecule has 3 N–H and O–H groups in total. The number of halogens is 1. The van der Waals surface area contributed by atoms with Gasteiger partial charge in [-0.2, -0.15) is 0 Å². The van der Waals surface area contributed by atoms with Crippen LogP contribution < -0.4 is 15.4 Å². The van der Waals surface area contributed by atoms with Gasteiger partial charge in [0.25, 0.3) is 0 Å². The number of carboxylic acid groups (broad SMARTS) is 1. The Balaban J connectivity index is 2.51. The van der Waals surface area contributed by atoms with E-state index in [2.05, 4.69) is 26.6 Å². The van der Waals surface area contributed by atoms with E-state index in [-0.39, 0.29) is 13.0 Å². The molecule has 0 saturated carbocycles. The maximum absolute atomic E-state index is 11.4. The Morgan fingerprint density at radius 3 is 2.72 bits per heavy atom. The fourth-order valence-electron chi connectivity index (χ4n) is 1.17. The molecule has 0 heterocycles. The molecule has 0 aliphatic heterocycles. The minimum Gasteiger partial charge on any atom is -0.497 e. The van der Waals surface area contributed by atoms with E-state index < -0.39 is 12.0 Å². The Morgan fingerprint density at radius 1 is 1.44 bits per heavy atom. The molecular formula is C11H13BrN2O4. The first-order valence-corrected chi connectivity index (χ1v) is 5.92. The number of carbonyl (C=O) groups is 2. The van der Waals surface area contributed by atoms with E-state index >= 15 is 0 Å². The summed E-state index contributed by atoms with van der Waals surface area (Å²) in [6.45, 7) is 0.0783. The normalized spacial score (nSPS) is 9.67. The predicted octanol–water partition coefficient (Wildman–Crippen LogP) is 2.05. The number of hydrogen-bond acceptors (Lipinski definition) is 3. The molecule has 98 valence electrons. The zero-order valence-electron chi connectivity index (χ0n) is 9.70. The molecule has 2 amide bonds. The van der Waals surface area contributed by atoms with Crippen molar-refractivity contribution in [3.05, 3.63) is 22.7 Å². The molecule has 18 heavy (non-hydrogen) atoms. The van der Waals surface area contributed by atoms with Crippen LogP contribution in [-0.2, 0) is 4.79 Å². The number of ether oxygens (including phenoxy) is 1. The fourth-order valence-corrected chi connectivity index (χ4v) is 1.63. The fraction of sp³-hybridized carbons (Fsp3) is 0.273. The van der Waals surface area contributed by atoms with Gasteiger partial charge in [-0.3, -0.25) is 4.79 Å². The van der Waals surface area contributed by atoms with Crippen LogP contribution >= 0.6 is 15.9 Å². The van der Waals surface area contributed by atoms with Crippen molar-refractivity contribution in [1.29, 1.82) is 0 Å². The molecule has 1 rings (SSSR count). The van der Waals surface area contributed by atoms with Crippen LogP contribution in [-0.4, -0.2) is 30.8 Å². The van der Waals surface area contributed by atoms with Crippen LogP contribution in [0.4, 0.5) is 10.5 Å². The van der Waals surface area contributed by atoms with Crippen molar-refractivity contribution in [1.82, 2.24) is 5.32 Å².